The molecule has 118 valence electrons. The van der Waals surface area contributed by atoms with Crippen LogP contribution in [-0.4, -0.2) is 11.6 Å². The lowest BCUT2D eigenvalue weighted by molar-refractivity contribution is 0.287. The standard InChI is InChI=1S/C17H29N3O/c1-2-10-21-16-11-15(12-19-13-16)17(20-18)14-8-6-4-3-5-7-9-14/h11-14,17,20H,2-10,18H2,1H3. The van der Waals surface area contributed by atoms with Crippen LogP contribution in [0.4, 0.5) is 0 Å². The molecular weight excluding hydrogens is 262 g/mol. The SMILES string of the molecule is CCCOc1cncc(C(NN)C2CCCCCCC2)c1. The van der Waals surface area contributed by atoms with Crippen LogP contribution in [0.15, 0.2) is 18.5 Å². The molecule has 0 aliphatic heterocycles. The van der Waals surface area contributed by atoms with Crippen molar-refractivity contribution in [2.75, 3.05) is 6.61 Å². The molecule has 1 aromatic heterocycles. The number of pyridine rings is 1. The Kier molecular flexibility index (Phi) is 6.96. The predicted molar refractivity (Wildman–Crippen MR) is 85.9 cm³/mol. The molecule has 21 heavy (non-hydrogen) atoms. The Hall–Kier alpha value is -1.13. The zero-order valence-electron chi connectivity index (χ0n) is 13.2. The van der Waals surface area contributed by atoms with Crippen molar-refractivity contribution >= 4 is 0 Å². The smallest absolute Gasteiger partial charge is 0.137 e. The second kappa shape index (κ2) is 9.00. The zero-order chi connectivity index (χ0) is 14.9. The normalized spacial score (nSPS) is 18.8. The fraction of sp³-hybridized carbons (Fsp3) is 0.706. The van der Waals surface area contributed by atoms with Gasteiger partial charge in [-0.2, -0.15) is 0 Å². The maximum atomic E-state index is 5.86. The first-order chi connectivity index (χ1) is 10.3. The van der Waals surface area contributed by atoms with Gasteiger partial charge in [0, 0.05) is 6.20 Å². The van der Waals surface area contributed by atoms with E-state index in [0.29, 0.717) is 5.92 Å². The first kappa shape index (κ1) is 16.2. The number of hydrogen-bond donors (Lipinski definition) is 2. The summed E-state index contributed by atoms with van der Waals surface area (Å²) in [6.07, 6.45) is 13.9. The van der Waals surface area contributed by atoms with E-state index in [1.165, 1.54) is 44.9 Å². The van der Waals surface area contributed by atoms with E-state index < -0.39 is 0 Å². The Morgan fingerprint density at radius 3 is 2.62 bits per heavy atom. The minimum atomic E-state index is 0.181. The molecule has 1 aliphatic carbocycles. The Morgan fingerprint density at radius 1 is 1.24 bits per heavy atom. The average molecular weight is 291 g/mol. The Bertz CT molecular complexity index is 403. The number of hydrazine groups is 1. The second-order valence-electron chi connectivity index (χ2n) is 6.05. The quantitative estimate of drug-likeness (QED) is 0.619. The predicted octanol–water partition coefficient (Wildman–Crippen LogP) is 3.74. The van der Waals surface area contributed by atoms with Gasteiger partial charge >= 0.3 is 0 Å². The third-order valence-electron chi connectivity index (χ3n) is 4.37. The van der Waals surface area contributed by atoms with Crippen LogP contribution in [0.2, 0.25) is 0 Å². The third kappa shape index (κ3) is 4.97. The van der Waals surface area contributed by atoms with E-state index in [9.17, 15) is 0 Å². The zero-order valence-corrected chi connectivity index (χ0v) is 13.2. The van der Waals surface area contributed by atoms with Gasteiger partial charge in [-0.05, 0) is 36.8 Å². The van der Waals surface area contributed by atoms with Crippen LogP contribution in [0.3, 0.4) is 0 Å². The van der Waals surface area contributed by atoms with Crippen LogP contribution in [0, 0.1) is 5.92 Å². The summed E-state index contributed by atoms with van der Waals surface area (Å²) in [6, 6.07) is 2.27. The number of ether oxygens (including phenoxy) is 1. The first-order valence-electron chi connectivity index (χ1n) is 8.39. The van der Waals surface area contributed by atoms with E-state index >= 15 is 0 Å². The monoisotopic (exact) mass is 291 g/mol. The van der Waals surface area contributed by atoms with Crippen LogP contribution < -0.4 is 16.0 Å². The highest BCUT2D eigenvalue weighted by Crippen LogP contribution is 2.33. The van der Waals surface area contributed by atoms with Crippen molar-refractivity contribution in [2.24, 2.45) is 11.8 Å². The van der Waals surface area contributed by atoms with E-state index in [2.05, 4.69) is 23.4 Å². The molecule has 1 aliphatic rings. The molecule has 1 atom stereocenters. The minimum Gasteiger partial charge on any atom is -0.492 e. The highest BCUT2D eigenvalue weighted by Gasteiger charge is 2.23. The van der Waals surface area contributed by atoms with Gasteiger partial charge < -0.3 is 4.74 Å². The van der Waals surface area contributed by atoms with Gasteiger partial charge in [-0.25, -0.2) is 0 Å². The molecule has 0 aromatic carbocycles. The van der Waals surface area contributed by atoms with Gasteiger partial charge in [-0.1, -0.05) is 39.0 Å². The van der Waals surface area contributed by atoms with Crippen LogP contribution in [0.1, 0.15) is 69.9 Å². The molecule has 0 radical (unpaired) electrons. The van der Waals surface area contributed by atoms with Crippen molar-refractivity contribution in [2.45, 2.75) is 64.3 Å². The van der Waals surface area contributed by atoms with Gasteiger partial charge in [-0.15, -0.1) is 0 Å². The number of nitrogens with zero attached hydrogens (tertiary/aromatic N) is 1. The Labute approximate surface area is 128 Å². The molecule has 2 rings (SSSR count). The fourth-order valence-electron chi connectivity index (χ4n) is 3.23. The molecular formula is C17H29N3O. The molecule has 1 unspecified atom stereocenters. The number of rotatable bonds is 6. The lowest BCUT2D eigenvalue weighted by Crippen LogP contribution is -2.34. The van der Waals surface area contributed by atoms with E-state index in [-0.39, 0.29) is 6.04 Å². The average Bonchev–Trinajstić information content (AvgIpc) is 2.48. The molecule has 3 N–H and O–H groups in total. The lowest BCUT2D eigenvalue weighted by Gasteiger charge is -2.28. The van der Waals surface area contributed by atoms with E-state index in [1.807, 2.05) is 6.20 Å². The summed E-state index contributed by atoms with van der Waals surface area (Å²) in [7, 11) is 0. The van der Waals surface area contributed by atoms with Crippen molar-refractivity contribution in [3.63, 3.8) is 0 Å². The topological polar surface area (TPSA) is 60.2 Å². The fourth-order valence-corrected chi connectivity index (χ4v) is 3.23. The largest absolute Gasteiger partial charge is 0.492 e. The van der Waals surface area contributed by atoms with Crippen molar-refractivity contribution in [1.82, 2.24) is 10.4 Å². The summed E-state index contributed by atoms with van der Waals surface area (Å²) in [4.78, 5) is 4.32. The maximum Gasteiger partial charge on any atom is 0.137 e. The second-order valence-corrected chi connectivity index (χ2v) is 6.05. The summed E-state index contributed by atoms with van der Waals surface area (Å²) < 4.78 is 5.69. The Morgan fingerprint density at radius 2 is 1.95 bits per heavy atom. The molecule has 0 spiro atoms. The van der Waals surface area contributed by atoms with Crippen LogP contribution in [0.25, 0.3) is 0 Å². The number of aromatic nitrogens is 1. The summed E-state index contributed by atoms with van der Waals surface area (Å²) in [5.74, 6) is 7.30. The highest BCUT2D eigenvalue weighted by molar-refractivity contribution is 5.26. The molecule has 1 saturated carbocycles. The Balaban J connectivity index is 2.07. The van der Waals surface area contributed by atoms with Crippen molar-refractivity contribution in [3.05, 3.63) is 24.0 Å². The van der Waals surface area contributed by atoms with Gasteiger partial charge in [0.05, 0.1) is 18.8 Å². The molecule has 0 amide bonds. The summed E-state index contributed by atoms with van der Waals surface area (Å²) in [5.41, 5.74) is 4.17. The number of hydrogen-bond acceptors (Lipinski definition) is 4. The summed E-state index contributed by atoms with van der Waals surface area (Å²) >= 11 is 0. The minimum absolute atomic E-state index is 0.181. The molecule has 0 saturated heterocycles. The van der Waals surface area contributed by atoms with Crippen molar-refractivity contribution in [1.29, 1.82) is 0 Å². The van der Waals surface area contributed by atoms with E-state index in [4.69, 9.17) is 10.6 Å². The van der Waals surface area contributed by atoms with Gasteiger partial charge in [0.15, 0.2) is 0 Å². The third-order valence-corrected chi connectivity index (χ3v) is 4.37. The maximum absolute atomic E-state index is 5.86. The summed E-state index contributed by atoms with van der Waals surface area (Å²) in [5, 5.41) is 0. The van der Waals surface area contributed by atoms with Gasteiger partial charge in [0.25, 0.3) is 0 Å². The van der Waals surface area contributed by atoms with Crippen LogP contribution in [-0.2, 0) is 0 Å². The lowest BCUT2D eigenvalue weighted by atomic mass is 9.83. The van der Waals surface area contributed by atoms with E-state index in [1.54, 1.807) is 6.20 Å². The number of nitrogens with two attached hydrogens (primary N) is 1. The highest BCUT2D eigenvalue weighted by atomic mass is 16.5. The van der Waals surface area contributed by atoms with E-state index in [0.717, 1.165) is 24.3 Å². The number of nitrogens with one attached hydrogen (secondary N) is 1. The first-order valence-corrected chi connectivity index (χ1v) is 8.39. The van der Waals surface area contributed by atoms with Gasteiger partial charge in [0.2, 0.25) is 0 Å². The van der Waals surface area contributed by atoms with Crippen LogP contribution in [0.5, 0.6) is 5.75 Å². The molecule has 1 heterocycles. The van der Waals surface area contributed by atoms with Crippen molar-refractivity contribution in [3.8, 4) is 5.75 Å². The summed E-state index contributed by atoms with van der Waals surface area (Å²) in [6.45, 7) is 2.84. The molecule has 4 heteroatoms. The molecule has 1 fully saturated rings. The molecule has 0 bridgehead atoms. The molecule has 1 aromatic rings. The van der Waals surface area contributed by atoms with Gasteiger partial charge in [0.1, 0.15) is 5.75 Å². The van der Waals surface area contributed by atoms with Crippen LogP contribution >= 0.6 is 0 Å². The van der Waals surface area contributed by atoms with Crippen molar-refractivity contribution < 1.29 is 4.74 Å². The van der Waals surface area contributed by atoms with Gasteiger partial charge in [-0.3, -0.25) is 16.3 Å². The molecule has 4 nitrogen and oxygen atoms in total.